The van der Waals surface area contributed by atoms with Crippen LogP contribution in [-0.2, 0) is 0 Å². The molecule has 0 radical (unpaired) electrons. The summed E-state index contributed by atoms with van der Waals surface area (Å²) in [4.78, 5) is 28.4. The Hall–Kier alpha value is -6.72. The molecule has 0 unspecified atom stereocenters. The molecule has 0 fully saturated rings. The van der Waals surface area contributed by atoms with E-state index >= 15 is 0 Å². The van der Waals surface area contributed by atoms with E-state index in [9.17, 15) is 9.59 Å². The molecule has 0 saturated heterocycles. The summed E-state index contributed by atoms with van der Waals surface area (Å²) in [7, 11) is 0. The first kappa shape index (κ1) is 26.4. The molecule has 8 aromatic carbocycles. The fraction of sp³-hybridized carbons (Fsp3) is 0. The van der Waals surface area contributed by atoms with Crippen molar-refractivity contribution < 1.29 is 4.42 Å². The zero-order valence-corrected chi connectivity index (χ0v) is 26.0. The summed E-state index contributed by atoms with van der Waals surface area (Å²) in [5.74, 6) is 0. The van der Waals surface area contributed by atoms with Gasteiger partial charge in [-0.25, -0.2) is 4.52 Å². The van der Waals surface area contributed by atoms with Crippen LogP contribution in [0.5, 0.6) is 0 Å². The predicted octanol–water partition coefficient (Wildman–Crippen LogP) is 10.2. The van der Waals surface area contributed by atoms with E-state index in [-0.39, 0.29) is 11.1 Å². The highest BCUT2D eigenvalue weighted by molar-refractivity contribution is 6.26. The zero-order chi connectivity index (χ0) is 32.4. The van der Waals surface area contributed by atoms with Gasteiger partial charge in [-0.1, -0.05) is 140 Å². The Morgan fingerprint density at radius 2 is 0.878 bits per heavy atom. The molecule has 5 nitrogen and oxygen atoms in total. The molecule has 11 aromatic rings. The monoisotopic (exact) mass is 628 g/mol. The molecule has 0 aliphatic rings. The first-order chi connectivity index (χ1) is 24.2. The first-order valence-corrected chi connectivity index (χ1v) is 16.4. The lowest BCUT2D eigenvalue weighted by molar-refractivity contribution is 0.663. The molecule has 0 saturated carbocycles. The number of para-hydroxylation sites is 1. The Labute approximate surface area is 277 Å². The van der Waals surface area contributed by atoms with Gasteiger partial charge in [0.1, 0.15) is 11.1 Å². The van der Waals surface area contributed by atoms with E-state index < -0.39 is 5.56 Å². The molecular formula is C44H24N2O3. The Bertz CT molecular complexity index is 3260. The quantitative estimate of drug-likeness (QED) is 0.141. The molecule has 0 atom stereocenters. The van der Waals surface area contributed by atoms with Crippen LogP contribution >= 0.6 is 0 Å². The lowest BCUT2D eigenvalue weighted by Gasteiger charge is -2.17. The number of nitrogens with zero attached hydrogens (tertiary/aromatic N) is 2. The van der Waals surface area contributed by atoms with Crippen molar-refractivity contribution >= 4 is 76.1 Å². The zero-order valence-electron chi connectivity index (χ0n) is 26.0. The standard InChI is InChI=1S/C44H24N2O3/c47-43-38-28-17-6-4-15-26(28)27-16-5-11-22-33(27)39(38)45-40-35-24-12-23-34(41(35)49-42(40)44(48)46(43)45)37-31-20-9-7-18-29(31)36(25-13-2-1-3-14-25)30-19-8-10-21-32(30)37/h1-24H. The molecule has 5 heteroatoms. The molecule has 0 spiro atoms. The highest BCUT2D eigenvalue weighted by atomic mass is 16.3. The minimum Gasteiger partial charge on any atom is -0.448 e. The molecular weight excluding hydrogens is 604 g/mol. The molecule has 49 heavy (non-hydrogen) atoms. The minimum absolute atomic E-state index is 0.174. The van der Waals surface area contributed by atoms with Crippen LogP contribution < -0.4 is 11.1 Å². The van der Waals surface area contributed by atoms with Crippen molar-refractivity contribution in [2.75, 3.05) is 0 Å². The number of hydrogen-bond donors (Lipinski definition) is 0. The van der Waals surface area contributed by atoms with E-state index in [1.807, 2.05) is 60.7 Å². The van der Waals surface area contributed by atoms with Crippen molar-refractivity contribution in [2.24, 2.45) is 0 Å². The van der Waals surface area contributed by atoms with Gasteiger partial charge in [0, 0.05) is 21.9 Å². The lowest BCUT2D eigenvalue weighted by Crippen LogP contribution is -2.21. The highest BCUT2D eigenvalue weighted by Gasteiger charge is 2.27. The topological polar surface area (TPSA) is 56.1 Å². The van der Waals surface area contributed by atoms with Crippen LogP contribution in [0.15, 0.2) is 160 Å². The summed E-state index contributed by atoms with van der Waals surface area (Å²) >= 11 is 0. The van der Waals surface area contributed by atoms with Gasteiger partial charge < -0.3 is 4.42 Å². The van der Waals surface area contributed by atoms with Gasteiger partial charge in [0.15, 0.2) is 0 Å². The Balaban J connectivity index is 1.33. The maximum Gasteiger partial charge on any atom is 0.318 e. The summed E-state index contributed by atoms with van der Waals surface area (Å²) in [5.41, 5.74) is 5.58. The number of furan rings is 1. The molecule has 3 heterocycles. The van der Waals surface area contributed by atoms with E-state index in [0.717, 1.165) is 65.2 Å². The van der Waals surface area contributed by atoms with Gasteiger partial charge in [-0.2, -0.15) is 4.52 Å². The van der Waals surface area contributed by atoms with E-state index in [0.29, 0.717) is 22.0 Å². The molecule has 11 rings (SSSR count). The minimum atomic E-state index is -0.458. The second-order valence-corrected chi connectivity index (χ2v) is 12.7. The molecule has 0 N–H and O–H groups in total. The Morgan fingerprint density at radius 1 is 0.367 bits per heavy atom. The largest absolute Gasteiger partial charge is 0.448 e. The summed E-state index contributed by atoms with van der Waals surface area (Å²) in [6.07, 6.45) is 0. The van der Waals surface area contributed by atoms with Crippen molar-refractivity contribution in [3.05, 3.63) is 166 Å². The molecule has 0 aliphatic carbocycles. The van der Waals surface area contributed by atoms with Gasteiger partial charge in [-0.15, -0.1) is 0 Å². The normalized spacial score (nSPS) is 12.2. The number of fused-ring (bicyclic) bond motifs is 14. The lowest BCUT2D eigenvalue weighted by atomic mass is 9.85. The van der Waals surface area contributed by atoms with Gasteiger partial charge in [-0.05, 0) is 54.9 Å². The first-order valence-electron chi connectivity index (χ1n) is 16.4. The number of rotatable bonds is 2. The number of hydrogen-bond acceptors (Lipinski definition) is 3. The van der Waals surface area contributed by atoms with Gasteiger partial charge in [0.25, 0.3) is 5.56 Å². The van der Waals surface area contributed by atoms with Crippen molar-refractivity contribution in [2.45, 2.75) is 0 Å². The average Bonchev–Trinajstić information content (AvgIpc) is 3.78. The van der Waals surface area contributed by atoms with Gasteiger partial charge >= 0.3 is 5.56 Å². The van der Waals surface area contributed by atoms with Gasteiger partial charge in [0.2, 0.25) is 5.58 Å². The van der Waals surface area contributed by atoms with E-state index in [1.54, 1.807) is 4.52 Å². The Morgan fingerprint density at radius 3 is 1.53 bits per heavy atom. The van der Waals surface area contributed by atoms with E-state index in [1.165, 1.54) is 10.1 Å². The fourth-order valence-corrected chi connectivity index (χ4v) is 8.34. The van der Waals surface area contributed by atoms with Gasteiger partial charge in [-0.3, -0.25) is 9.59 Å². The molecule has 3 aromatic heterocycles. The Kier molecular flexibility index (Phi) is 5.07. The second kappa shape index (κ2) is 9.43. The smallest absolute Gasteiger partial charge is 0.318 e. The summed E-state index contributed by atoms with van der Waals surface area (Å²) in [6, 6.07) is 49.6. The van der Waals surface area contributed by atoms with E-state index in [2.05, 4.69) is 84.9 Å². The van der Waals surface area contributed by atoms with Crippen LogP contribution in [-0.4, -0.2) is 9.03 Å². The van der Waals surface area contributed by atoms with Gasteiger partial charge in [0.05, 0.1) is 10.9 Å². The van der Waals surface area contributed by atoms with Crippen molar-refractivity contribution in [1.82, 2.24) is 9.03 Å². The fourth-order valence-electron chi connectivity index (χ4n) is 8.34. The van der Waals surface area contributed by atoms with E-state index in [4.69, 9.17) is 4.42 Å². The van der Waals surface area contributed by atoms with Crippen molar-refractivity contribution in [3.63, 3.8) is 0 Å². The molecule has 0 bridgehead atoms. The highest BCUT2D eigenvalue weighted by Crippen LogP contribution is 2.46. The maximum atomic E-state index is 14.2. The average molecular weight is 629 g/mol. The third kappa shape index (κ3) is 3.28. The third-order valence-electron chi connectivity index (χ3n) is 10.3. The van der Waals surface area contributed by atoms with Crippen LogP contribution in [0, 0.1) is 0 Å². The summed E-state index contributed by atoms with van der Waals surface area (Å²) in [6.45, 7) is 0. The third-order valence-corrected chi connectivity index (χ3v) is 10.3. The molecule has 0 amide bonds. The molecule has 228 valence electrons. The van der Waals surface area contributed by atoms with Crippen LogP contribution in [0.2, 0.25) is 0 Å². The predicted molar refractivity (Wildman–Crippen MR) is 200 cm³/mol. The van der Waals surface area contributed by atoms with Crippen molar-refractivity contribution in [1.29, 1.82) is 0 Å². The second-order valence-electron chi connectivity index (χ2n) is 12.7. The van der Waals surface area contributed by atoms with Crippen LogP contribution in [0.25, 0.3) is 98.3 Å². The summed E-state index contributed by atoms with van der Waals surface area (Å²) in [5, 5.41) is 9.52. The van der Waals surface area contributed by atoms with Crippen LogP contribution in [0.1, 0.15) is 0 Å². The van der Waals surface area contributed by atoms with Crippen LogP contribution in [0.4, 0.5) is 0 Å². The maximum absolute atomic E-state index is 14.2. The number of aromatic nitrogens is 2. The summed E-state index contributed by atoms with van der Waals surface area (Å²) < 4.78 is 9.69. The van der Waals surface area contributed by atoms with Crippen molar-refractivity contribution in [3.8, 4) is 22.3 Å². The molecule has 0 aliphatic heterocycles. The SMILES string of the molecule is O=c1c2oc3c(-c4c5ccccc5c(-c5ccccc5)c5ccccc45)cccc3c2n2c3c4ccccc4c4ccccc4c3c(=O)n12. The van der Waals surface area contributed by atoms with Crippen LogP contribution in [0.3, 0.4) is 0 Å². The number of benzene rings is 8.